The average Bonchev–Trinajstić information content (AvgIpc) is 3.32. The van der Waals surface area contributed by atoms with Crippen molar-refractivity contribution in [1.82, 2.24) is 9.80 Å². The van der Waals surface area contributed by atoms with Gasteiger partial charge in [0.05, 0.1) is 12.2 Å². The summed E-state index contributed by atoms with van der Waals surface area (Å²) >= 11 is 0. The van der Waals surface area contributed by atoms with E-state index in [1.165, 1.54) is 11.1 Å². The van der Waals surface area contributed by atoms with E-state index in [1.54, 1.807) is 0 Å². The van der Waals surface area contributed by atoms with Crippen molar-refractivity contribution in [3.63, 3.8) is 0 Å². The van der Waals surface area contributed by atoms with Crippen molar-refractivity contribution in [3.8, 4) is 11.5 Å². The number of hydrogen-bond donors (Lipinski definition) is 0. The second-order valence-corrected chi connectivity index (χ2v) is 8.44. The minimum atomic E-state index is 0.0949. The van der Waals surface area contributed by atoms with Crippen LogP contribution in [0.2, 0.25) is 0 Å². The molecule has 0 bridgehead atoms. The lowest BCUT2D eigenvalue weighted by Crippen LogP contribution is -2.48. The fourth-order valence-electron chi connectivity index (χ4n) is 4.63. The van der Waals surface area contributed by atoms with E-state index in [9.17, 15) is 4.79 Å². The third kappa shape index (κ3) is 3.38. The van der Waals surface area contributed by atoms with Crippen LogP contribution in [-0.2, 0) is 13.0 Å². The Morgan fingerprint density at radius 2 is 1.93 bits per heavy atom. The summed E-state index contributed by atoms with van der Waals surface area (Å²) in [6, 6.07) is 12.5. The fraction of sp³-hybridized carbons (Fsp3) is 0.458. The number of fused-ring (bicyclic) bond motifs is 2. The minimum absolute atomic E-state index is 0.0949. The third-order valence-corrected chi connectivity index (χ3v) is 6.59. The van der Waals surface area contributed by atoms with Gasteiger partial charge in [0.1, 0.15) is 17.6 Å². The van der Waals surface area contributed by atoms with Gasteiger partial charge in [-0.25, -0.2) is 0 Å². The van der Waals surface area contributed by atoms with Crippen LogP contribution in [0.4, 0.5) is 0 Å². The number of rotatable bonds is 3. The largest absolute Gasteiger partial charge is 0.493 e. The number of hydrogen-bond acceptors (Lipinski definition) is 4. The third-order valence-electron chi connectivity index (χ3n) is 6.59. The molecule has 5 rings (SSSR count). The Balaban J connectivity index is 1.23. The molecule has 2 atom stereocenters. The fourth-order valence-corrected chi connectivity index (χ4v) is 4.63. The zero-order valence-electron chi connectivity index (χ0n) is 17.2. The summed E-state index contributed by atoms with van der Waals surface area (Å²) in [6.45, 7) is 9.24. The Labute approximate surface area is 172 Å². The number of benzene rings is 2. The highest BCUT2D eigenvalue weighted by Crippen LogP contribution is 2.40. The molecule has 3 heterocycles. The Hall–Kier alpha value is -2.53. The molecule has 0 unspecified atom stereocenters. The Kier molecular flexibility index (Phi) is 4.70. The van der Waals surface area contributed by atoms with Gasteiger partial charge in [-0.15, -0.1) is 0 Å². The highest BCUT2D eigenvalue weighted by Gasteiger charge is 2.33. The van der Waals surface area contributed by atoms with E-state index < -0.39 is 0 Å². The first-order chi connectivity index (χ1) is 14.1. The quantitative estimate of drug-likeness (QED) is 0.802. The first-order valence-electron chi connectivity index (χ1n) is 10.7. The zero-order valence-corrected chi connectivity index (χ0v) is 17.2. The summed E-state index contributed by atoms with van der Waals surface area (Å²) in [5.74, 6) is 2.25. The van der Waals surface area contributed by atoms with E-state index in [1.807, 2.05) is 17.0 Å². The van der Waals surface area contributed by atoms with Crippen molar-refractivity contribution in [3.05, 3.63) is 58.7 Å². The summed E-state index contributed by atoms with van der Waals surface area (Å²) in [5, 5.41) is 0. The maximum Gasteiger partial charge on any atom is 0.257 e. The molecule has 5 heteroatoms. The zero-order chi connectivity index (χ0) is 20.0. The molecule has 152 valence electrons. The van der Waals surface area contributed by atoms with Gasteiger partial charge in [0.15, 0.2) is 0 Å². The first kappa shape index (κ1) is 18.5. The molecule has 1 amide bonds. The van der Waals surface area contributed by atoms with Gasteiger partial charge in [-0.3, -0.25) is 9.69 Å². The van der Waals surface area contributed by atoms with E-state index in [0.29, 0.717) is 11.5 Å². The van der Waals surface area contributed by atoms with E-state index in [2.05, 4.69) is 43.0 Å². The van der Waals surface area contributed by atoms with Gasteiger partial charge >= 0.3 is 0 Å². The molecule has 1 fully saturated rings. The number of nitrogens with zero attached hydrogens (tertiary/aromatic N) is 2. The Morgan fingerprint density at radius 1 is 1.10 bits per heavy atom. The number of amides is 1. The molecule has 2 aromatic rings. The van der Waals surface area contributed by atoms with Gasteiger partial charge in [0, 0.05) is 50.6 Å². The van der Waals surface area contributed by atoms with Crippen LogP contribution in [0.1, 0.15) is 46.8 Å². The van der Waals surface area contributed by atoms with Crippen molar-refractivity contribution in [1.29, 1.82) is 0 Å². The van der Waals surface area contributed by atoms with Crippen LogP contribution in [0.25, 0.3) is 0 Å². The van der Waals surface area contributed by atoms with Gasteiger partial charge in [-0.1, -0.05) is 31.2 Å². The summed E-state index contributed by atoms with van der Waals surface area (Å²) in [7, 11) is 0. The Morgan fingerprint density at radius 3 is 2.76 bits per heavy atom. The highest BCUT2D eigenvalue weighted by molar-refractivity contribution is 5.97. The predicted molar refractivity (Wildman–Crippen MR) is 112 cm³/mol. The van der Waals surface area contributed by atoms with Crippen LogP contribution in [0, 0.1) is 0 Å². The van der Waals surface area contributed by atoms with Gasteiger partial charge in [0.25, 0.3) is 5.91 Å². The lowest BCUT2D eigenvalue weighted by molar-refractivity contribution is 0.0623. The van der Waals surface area contributed by atoms with Crippen molar-refractivity contribution in [2.45, 2.75) is 38.8 Å². The van der Waals surface area contributed by atoms with Crippen LogP contribution in [0.5, 0.6) is 11.5 Å². The highest BCUT2D eigenvalue weighted by atomic mass is 16.5. The normalized spacial score (nSPS) is 23.3. The maximum absolute atomic E-state index is 13.2. The average molecular weight is 392 g/mol. The molecule has 2 aromatic carbocycles. The van der Waals surface area contributed by atoms with Crippen molar-refractivity contribution < 1.29 is 14.3 Å². The van der Waals surface area contributed by atoms with Crippen LogP contribution >= 0.6 is 0 Å². The predicted octanol–water partition coefficient (Wildman–Crippen LogP) is 3.46. The van der Waals surface area contributed by atoms with Crippen molar-refractivity contribution in [2.75, 3.05) is 32.8 Å². The smallest absolute Gasteiger partial charge is 0.257 e. The van der Waals surface area contributed by atoms with Gasteiger partial charge in [-0.05, 0) is 30.2 Å². The molecule has 3 aliphatic heterocycles. The lowest BCUT2D eigenvalue weighted by atomic mass is 9.96. The van der Waals surface area contributed by atoms with E-state index in [4.69, 9.17) is 9.47 Å². The van der Waals surface area contributed by atoms with E-state index in [-0.39, 0.29) is 12.0 Å². The summed E-state index contributed by atoms with van der Waals surface area (Å²) in [5.41, 5.74) is 4.51. The molecule has 1 saturated heterocycles. The molecule has 0 saturated carbocycles. The molecule has 3 aliphatic rings. The molecule has 0 spiro atoms. The first-order valence-corrected chi connectivity index (χ1v) is 10.7. The molecule has 29 heavy (non-hydrogen) atoms. The van der Waals surface area contributed by atoms with E-state index in [0.717, 1.165) is 62.8 Å². The Bertz CT molecular complexity index is 934. The molecule has 0 radical (unpaired) electrons. The summed E-state index contributed by atoms with van der Waals surface area (Å²) < 4.78 is 11.6. The van der Waals surface area contributed by atoms with Crippen molar-refractivity contribution in [2.24, 2.45) is 0 Å². The number of piperazine rings is 1. The van der Waals surface area contributed by atoms with Crippen molar-refractivity contribution >= 4 is 5.91 Å². The maximum atomic E-state index is 13.2. The van der Waals surface area contributed by atoms with Crippen LogP contribution in [-0.4, -0.2) is 54.6 Å². The number of para-hydroxylation sites is 1. The monoisotopic (exact) mass is 392 g/mol. The number of ether oxygens (including phenoxy) is 2. The minimum Gasteiger partial charge on any atom is -0.493 e. The summed E-state index contributed by atoms with van der Waals surface area (Å²) in [4.78, 5) is 17.6. The van der Waals surface area contributed by atoms with Crippen LogP contribution in [0.15, 0.2) is 36.4 Å². The molecule has 5 nitrogen and oxygen atoms in total. The molecular formula is C24H28N2O3. The number of carbonyl (C=O) groups excluding carboxylic acids is 1. The SMILES string of the molecule is C[C@@H]1Oc2c(C(=O)N3CCN(Cc4ccc5c(c4)CCO5)CC3)cccc2[C@H]1C. The molecular weight excluding hydrogens is 364 g/mol. The van der Waals surface area contributed by atoms with Crippen LogP contribution < -0.4 is 9.47 Å². The van der Waals surface area contributed by atoms with Gasteiger partial charge < -0.3 is 14.4 Å². The molecule has 0 aliphatic carbocycles. The van der Waals surface area contributed by atoms with E-state index >= 15 is 0 Å². The van der Waals surface area contributed by atoms with Gasteiger partial charge in [0.2, 0.25) is 0 Å². The molecule has 0 aromatic heterocycles. The topological polar surface area (TPSA) is 42.0 Å². The second kappa shape index (κ2) is 7.38. The summed E-state index contributed by atoms with van der Waals surface area (Å²) in [6.07, 6.45) is 1.13. The second-order valence-electron chi connectivity index (χ2n) is 8.44. The number of carbonyl (C=O) groups is 1. The standard InChI is InChI=1S/C24H28N2O3/c1-16-17(2)29-23-20(16)4-3-5-21(23)24(27)26-11-9-25(10-12-26)15-18-6-7-22-19(14-18)8-13-28-22/h3-7,14,16-17H,8-13,15H2,1-2H3/t16-,17-/m0/s1. The molecule has 0 N–H and O–H groups in total. The lowest BCUT2D eigenvalue weighted by Gasteiger charge is -2.35. The van der Waals surface area contributed by atoms with Gasteiger partial charge in [-0.2, -0.15) is 0 Å². The van der Waals surface area contributed by atoms with Crippen LogP contribution in [0.3, 0.4) is 0 Å².